The summed E-state index contributed by atoms with van der Waals surface area (Å²) in [7, 11) is -15.5. The molecular formula is CaO12S3Sn. The molecule has 0 aromatic carbocycles. The van der Waals surface area contributed by atoms with Crippen molar-refractivity contribution in [3.8, 4) is 0 Å². The van der Waals surface area contributed by atoms with E-state index in [0.717, 1.165) is 0 Å². The standard InChI is InChI=1S/Ca.3H2O4S.Sn/c;3*1-5(2,3)4;/h;3*(H2,1,2,3,4);/q+2;;;;+4/p-6. The minimum absolute atomic E-state index is 0. The third kappa shape index (κ3) is 1560. The first-order valence-electron chi connectivity index (χ1n) is 2.00. The van der Waals surface area contributed by atoms with E-state index < -0.39 is 31.2 Å². The van der Waals surface area contributed by atoms with Gasteiger partial charge in [0.05, 0.1) is 0 Å². The van der Waals surface area contributed by atoms with Crippen LogP contribution in [0.15, 0.2) is 0 Å². The second-order valence-corrected chi connectivity index (χ2v) is 3.67. The normalized spacial score (nSPS) is 10.2. The van der Waals surface area contributed by atoms with Crippen molar-refractivity contribution in [2.24, 2.45) is 0 Å². The molecule has 0 aromatic rings. The van der Waals surface area contributed by atoms with E-state index in [1.165, 1.54) is 0 Å². The second kappa shape index (κ2) is 12.7. The molecule has 0 unspecified atom stereocenters. The molecule has 0 heterocycles. The number of hydrogen-bond acceptors (Lipinski definition) is 12. The largest absolute Gasteiger partial charge is 4.00 e. The molecular weight excluding hydrogens is 447 g/mol. The van der Waals surface area contributed by atoms with E-state index in [0.29, 0.717) is 0 Å². The van der Waals surface area contributed by atoms with Crippen molar-refractivity contribution in [1.82, 2.24) is 0 Å². The van der Waals surface area contributed by atoms with E-state index in [2.05, 4.69) is 0 Å². The van der Waals surface area contributed by atoms with Gasteiger partial charge < -0.3 is 27.3 Å². The van der Waals surface area contributed by atoms with E-state index in [-0.39, 0.29) is 61.6 Å². The quantitative estimate of drug-likeness (QED) is 0.193. The van der Waals surface area contributed by atoms with Crippen LogP contribution in [0, 0.1) is 0 Å². The summed E-state index contributed by atoms with van der Waals surface area (Å²) in [6, 6.07) is 0. The van der Waals surface area contributed by atoms with Crippen LogP contribution in [-0.2, 0) is 31.2 Å². The molecule has 0 amide bonds. The zero-order valence-corrected chi connectivity index (χ0v) is 14.8. The molecule has 0 aliphatic rings. The molecule has 0 saturated carbocycles. The van der Waals surface area contributed by atoms with Crippen LogP contribution >= 0.6 is 0 Å². The molecule has 0 bridgehead atoms. The van der Waals surface area contributed by atoms with E-state index in [1.54, 1.807) is 0 Å². The van der Waals surface area contributed by atoms with E-state index in [9.17, 15) is 0 Å². The Kier molecular flexibility index (Phi) is 23.3. The molecule has 12 nitrogen and oxygen atoms in total. The summed E-state index contributed by atoms with van der Waals surface area (Å²) in [6.45, 7) is 0. The van der Waals surface area contributed by atoms with E-state index >= 15 is 0 Å². The summed E-state index contributed by atoms with van der Waals surface area (Å²) in [5.74, 6) is 0. The van der Waals surface area contributed by atoms with Crippen molar-refractivity contribution < 1.29 is 52.6 Å². The molecule has 0 aliphatic carbocycles. The summed E-state index contributed by atoms with van der Waals surface area (Å²) in [5.41, 5.74) is 0. The van der Waals surface area contributed by atoms with Gasteiger partial charge in [-0.05, 0) is 0 Å². The van der Waals surface area contributed by atoms with Crippen molar-refractivity contribution in [2.45, 2.75) is 0 Å². The monoisotopic (exact) mass is 448 g/mol. The number of hydrogen-bond donors (Lipinski definition) is 0. The van der Waals surface area contributed by atoms with Crippen molar-refractivity contribution in [1.29, 1.82) is 0 Å². The van der Waals surface area contributed by atoms with Crippen molar-refractivity contribution >= 4 is 92.8 Å². The van der Waals surface area contributed by atoms with Crippen LogP contribution in [0.4, 0.5) is 0 Å². The Balaban J connectivity index is -0.0000000400. The van der Waals surface area contributed by atoms with Crippen molar-refractivity contribution in [3.05, 3.63) is 0 Å². The third-order valence-electron chi connectivity index (χ3n) is 0. The average Bonchev–Trinajstić information content (AvgIpc) is 1.41. The van der Waals surface area contributed by atoms with E-state index in [4.69, 9.17) is 52.6 Å². The first kappa shape index (κ1) is 31.2. The summed E-state index contributed by atoms with van der Waals surface area (Å²) in [6.07, 6.45) is 0. The summed E-state index contributed by atoms with van der Waals surface area (Å²) >= 11 is 0. The van der Waals surface area contributed by atoms with Gasteiger partial charge in [-0.2, -0.15) is 0 Å². The first-order chi connectivity index (χ1) is 6.00. The first-order valence-corrected chi connectivity index (χ1v) is 6.00. The van der Waals surface area contributed by atoms with Gasteiger partial charge in [-0.25, -0.2) is 0 Å². The van der Waals surface area contributed by atoms with Gasteiger partial charge in [0.15, 0.2) is 0 Å². The SMILES string of the molecule is O=S(=O)([O-])[O-].O=S(=O)([O-])[O-].O=S(=O)([O-])[O-].[Ca+2].[Sn+4]. The van der Waals surface area contributed by atoms with Gasteiger partial charge in [0.1, 0.15) is 0 Å². The Bertz CT molecular complexity index is 343. The van der Waals surface area contributed by atoms with Crippen LogP contribution < -0.4 is 0 Å². The molecule has 0 N–H and O–H groups in total. The predicted octanol–water partition coefficient (Wildman–Crippen LogP) is -4.78. The number of rotatable bonds is 0. The van der Waals surface area contributed by atoms with E-state index in [1.807, 2.05) is 0 Å². The fourth-order valence-corrected chi connectivity index (χ4v) is 0. The van der Waals surface area contributed by atoms with Crippen LogP contribution in [0.3, 0.4) is 0 Å². The zero-order valence-electron chi connectivity index (χ0n) is 7.33. The average molecular weight is 447 g/mol. The van der Waals surface area contributed by atoms with Gasteiger partial charge in [-0.1, -0.05) is 0 Å². The Labute approximate surface area is 143 Å². The Morgan fingerprint density at radius 2 is 0.471 bits per heavy atom. The fraction of sp³-hybridized carbons (Fsp3) is 0. The van der Waals surface area contributed by atoms with Gasteiger partial charge in [0.25, 0.3) is 0 Å². The van der Waals surface area contributed by atoms with Gasteiger partial charge >= 0.3 is 61.6 Å². The van der Waals surface area contributed by atoms with Gasteiger partial charge in [-0.3, -0.25) is 25.3 Å². The maximum absolute atomic E-state index is 8.52. The molecule has 17 heavy (non-hydrogen) atoms. The molecule has 0 radical (unpaired) electrons. The molecule has 0 atom stereocenters. The molecule has 0 aromatic heterocycles. The molecule has 0 spiro atoms. The zero-order chi connectivity index (χ0) is 13.5. The smallest absolute Gasteiger partial charge is 0.759 e. The minimum atomic E-state index is -5.17. The van der Waals surface area contributed by atoms with Crippen LogP contribution in [0.5, 0.6) is 0 Å². The third-order valence-corrected chi connectivity index (χ3v) is 0. The van der Waals surface area contributed by atoms with Gasteiger partial charge in [0, 0.05) is 31.2 Å². The molecule has 0 fully saturated rings. The Hall–Kier alpha value is 1.67. The van der Waals surface area contributed by atoms with Crippen molar-refractivity contribution in [2.75, 3.05) is 0 Å². The second-order valence-electron chi connectivity index (χ2n) is 1.22. The summed E-state index contributed by atoms with van der Waals surface area (Å²) in [4.78, 5) is 0. The fourth-order valence-electron chi connectivity index (χ4n) is 0. The van der Waals surface area contributed by atoms with Crippen LogP contribution in [-0.4, -0.2) is 114 Å². The van der Waals surface area contributed by atoms with Crippen molar-refractivity contribution in [3.63, 3.8) is 0 Å². The predicted molar refractivity (Wildman–Crippen MR) is 42.9 cm³/mol. The Morgan fingerprint density at radius 3 is 0.471 bits per heavy atom. The van der Waals surface area contributed by atoms with Crippen LogP contribution in [0.25, 0.3) is 0 Å². The molecule has 0 saturated heterocycles. The molecule has 96 valence electrons. The maximum atomic E-state index is 8.52. The summed E-state index contributed by atoms with van der Waals surface area (Å²) < 4.78 is 102. The van der Waals surface area contributed by atoms with Gasteiger partial charge in [-0.15, -0.1) is 0 Å². The van der Waals surface area contributed by atoms with Crippen LogP contribution in [0.1, 0.15) is 0 Å². The minimum Gasteiger partial charge on any atom is -0.759 e. The maximum Gasteiger partial charge on any atom is 4.00 e. The topological polar surface area (TPSA) is 241 Å². The molecule has 0 aliphatic heterocycles. The van der Waals surface area contributed by atoms with Gasteiger partial charge in [0.2, 0.25) is 0 Å². The van der Waals surface area contributed by atoms with Crippen LogP contribution in [0.2, 0.25) is 0 Å². The molecule has 17 heteroatoms. The Morgan fingerprint density at radius 1 is 0.471 bits per heavy atom. The molecule has 0 rings (SSSR count). The summed E-state index contributed by atoms with van der Waals surface area (Å²) in [5, 5.41) is 0.